The molecule has 0 aliphatic carbocycles. The van der Waals surface area contributed by atoms with Gasteiger partial charge in [0.15, 0.2) is 5.13 Å². The first-order chi connectivity index (χ1) is 13.8. The molecular weight excluding hydrogens is 457 g/mol. The summed E-state index contributed by atoms with van der Waals surface area (Å²) in [6.45, 7) is 0.272. The summed E-state index contributed by atoms with van der Waals surface area (Å²) in [5.74, 6) is -0.763. The van der Waals surface area contributed by atoms with E-state index >= 15 is 0 Å². The Morgan fingerprint density at radius 2 is 2.00 bits per heavy atom. The van der Waals surface area contributed by atoms with Crippen LogP contribution in [0.3, 0.4) is 0 Å². The Labute approximate surface area is 180 Å². The average molecular weight is 472 g/mol. The zero-order valence-electron chi connectivity index (χ0n) is 14.8. The largest absolute Gasteiger partial charge is 0.301 e. The van der Waals surface area contributed by atoms with Crippen LogP contribution in [-0.4, -0.2) is 36.2 Å². The fraction of sp³-hybridized carbons (Fsp3) is 0.222. The lowest BCUT2D eigenvalue weighted by atomic mass is 10.2. The number of carbonyl (C=O) groups excluding carboxylic acids is 1. The van der Waals surface area contributed by atoms with Crippen LogP contribution in [0.2, 0.25) is 4.34 Å². The number of aromatic nitrogens is 1. The van der Waals surface area contributed by atoms with Gasteiger partial charge in [-0.2, -0.15) is 4.31 Å². The third kappa shape index (κ3) is 4.22. The van der Waals surface area contributed by atoms with Gasteiger partial charge >= 0.3 is 0 Å². The molecule has 1 aliphatic heterocycles. The summed E-state index contributed by atoms with van der Waals surface area (Å²) in [4.78, 5) is 17.1. The van der Waals surface area contributed by atoms with Crippen LogP contribution in [0.25, 0.3) is 11.3 Å². The average Bonchev–Trinajstić information content (AvgIpc) is 3.42. The maximum Gasteiger partial charge on any atom is 0.253 e. The fourth-order valence-electron chi connectivity index (χ4n) is 3.11. The minimum absolute atomic E-state index is 0.120. The van der Waals surface area contributed by atoms with Gasteiger partial charge in [-0.15, -0.1) is 22.7 Å². The van der Waals surface area contributed by atoms with E-state index in [1.807, 2.05) is 0 Å². The molecule has 4 rings (SSSR count). The number of sulfonamides is 1. The smallest absolute Gasteiger partial charge is 0.253 e. The van der Waals surface area contributed by atoms with E-state index in [1.165, 1.54) is 39.9 Å². The number of thiophene rings is 1. The Balaban J connectivity index is 1.50. The summed E-state index contributed by atoms with van der Waals surface area (Å²) in [6, 6.07) is 8.05. The summed E-state index contributed by atoms with van der Waals surface area (Å²) in [5, 5.41) is 4.82. The lowest BCUT2D eigenvalue weighted by Gasteiger charge is -2.22. The Kier molecular flexibility index (Phi) is 5.71. The monoisotopic (exact) mass is 471 g/mol. The van der Waals surface area contributed by atoms with Crippen molar-refractivity contribution in [3.63, 3.8) is 0 Å². The number of anilines is 1. The molecule has 0 radical (unpaired) electrons. The Hall–Kier alpha value is -1.85. The number of benzene rings is 1. The second-order valence-electron chi connectivity index (χ2n) is 6.37. The molecule has 2 aromatic heterocycles. The number of nitrogens with one attached hydrogen (secondary N) is 1. The number of thiazole rings is 1. The zero-order valence-corrected chi connectivity index (χ0v) is 18.0. The normalized spacial score (nSPS) is 17.5. The molecular formula is C18H15ClFN3O3S3. The number of hydrogen-bond donors (Lipinski definition) is 1. The molecule has 0 spiro atoms. The molecule has 3 aromatic rings. The Bertz CT molecular complexity index is 1140. The van der Waals surface area contributed by atoms with Crippen molar-refractivity contribution in [3.05, 3.63) is 51.9 Å². The molecule has 29 heavy (non-hydrogen) atoms. The highest BCUT2D eigenvalue weighted by Gasteiger charge is 2.40. The van der Waals surface area contributed by atoms with Crippen LogP contribution in [0.4, 0.5) is 9.52 Å². The van der Waals surface area contributed by atoms with E-state index in [9.17, 15) is 17.6 Å². The molecule has 0 unspecified atom stereocenters. The number of rotatable bonds is 5. The lowest BCUT2D eigenvalue weighted by molar-refractivity contribution is -0.119. The van der Waals surface area contributed by atoms with Crippen LogP contribution < -0.4 is 5.32 Å². The van der Waals surface area contributed by atoms with Gasteiger partial charge in [-0.05, 0) is 49.2 Å². The van der Waals surface area contributed by atoms with Gasteiger partial charge in [0, 0.05) is 17.5 Å². The molecule has 152 valence electrons. The van der Waals surface area contributed by atoms with Gasteiger partial charge in [0.05, 0.1) is 10.0 Å². The number of halogens is 2. The van der Waals surface area contributed by atoms with E-state index in [2.05, 4.69) is 10.3 Å². The molecule has 1 aliphatic rings. The quantitative estimate of drug-likeness (QED) is 0.596. The van der Waals surface area contributed by atoms with Crippen molar-refractivity contribution in [2.45, 2.75) is 23.1 Å². The summed E-state index contributed by atoms with van der Waals surface area (Å²) in [7, 11) is -3.79. The molecule has 1 aromatic carbocycles. The van der Waals surface area contributed by atoms with E-state index in [-0.39, 0.29) is 16.6 Å². The third-order valence-electron chi connectivity index (χ3n) is 4.49. The van der Waals surface area contributed by atoms with Gasteiger partial charge in [-0.25, -0.2) is 17.8 Å². The van der Waals surface area contributed by atoms with Gasteiger partial charge in [-0.1, -0.05) is 11.6 Å². The molecule has 3 heterocycles. The second-order valence-corrected chi connectivity index (χ2v) is 11.1. The zero-order chi connectivity index (χ0) is 20.6. The van der Waals surface area contributed by atoms with Crippen molar-refractivity contribution in [3.8, 4) is 11.3 Å². The number of carbonyl (C=O) groups is 1. The molecule has 1 atom stereocenters. The fourth-order valence-corrected chi connectivity index (χ4v) is 7.11. The predicted molar refractivity (Wildman–Crippen MR) is 112 cm³/mol. The van der Waals surface area contributed by atoms with Gasteiger partial charge < -0.3 is 5.32 Å². The van der Waals surface area contributed by atoms with E-state index < -0.39 is 22.0 Å². The van der Waals surface area contributed by atoms with Crippen molar-refractivity contribution < 1.29 is 17.6 Å². The molecule has 11 heteroatoms. The molecule has 1 N–H and O–H groups in total. The van der Waals surface area contributed by atoms with Crippen molar-refractivity contribution in [1.29, 1.82) is 0 Å². The van der Waals surface area contributed by atoms with Gasteiger partial charge in [0.2, 0.25) is 5.91 Å². The van der Waals surface area contributed by atoms with Gasteiger partial charge in [0.1, 0.15) is 16.1 Å². The third-order valence-corrected chi connectivity index (χ3v) is 8.86. The molecule has 1 amide bonds. The predicted octanol–water partition coefficient (Wildman–Crippen LogP) is 4.46. The highest BCUT2D eigenvalue weighted by Crippen LogP contribution is 2.33. The topological polar surface area (TPSA) is 79.4 Å². The summed E-state index contributed by atoms with van der Waals surface area (Å²) >= 11 is 8.06. The maximum atomic E-state index is 13.1. The molecule has 0 bridgehead atoms. The van der Waals surface area contributed by atoms with Gasteiger partial charge in [-0.3, -0.25) is 4.79 Å². The van der Waals surface area contributed by atoms with Crippen molar-refractivity contribution in [2.24, 2.45) is 0 Å². The Morgan fingerprint density at radius 3 is 2.69 bits per heavy atom. The highest BCUT2D eigenvalue weighted by molar-refractivity contribution is 7.91. The van der Waals surface area contributed by atoms with Crippen LogP contribution in [0.15, 0.2) is 46.0 Å². The number of amides is 1. The van der Waals surface area contributed by atoms with Crippen molar-refractivity contribution >= 4 is 55.3 Å². The first kappa shape index (κ1) is 20.4. The van der Waals surface area contributed by atoms with Gasteiger partial charge in [0.25, 0.3) is 10.0 Å². The first-order valence-corrected chi connectivity index (χ1v) is 12.2. The van der Waals surface area contributed by atoms with Crippen LogP contribution in [0.1, 0.15) is 12.8 Å². The minimum Gasteiger partial charge on any atom is -0.301 e. The van der Waals surface area contributed by atoms with E-state index in [4.69, 9.17) is 11.6 Å². The lowest BCUT2D eigenvalue weighted by Crippen LogP contribution is -2.42. The van der Waals surface area contributed by atoms with Crippen LogP contribution in [0.5, 0.6) is 0 Å². The van der Waals surface area contributed by atoms with Crippen LogP contribution in [-0.2, 0) is 14.8 Å². The van der Waals surface area contributed by atoms with Crippen molar-refractivity contribution in [1.82, 2.24) is 9.29 Å². The molecule has 1 fully saturated rings. The van der Waals surface area contributed by atoms with Crippen molar-refractivity contribution in [2.75, 3.05) is 11.9 Å². The van der Waals surface area contributed by atoms with E-state index in [1.54, 1.807) is 17.5 Å². The van der Waals surface area contributed by atoms with E-state index in [0.717, 1.165) is 16.9 Å². The summed E-state index contributed by atoms with van der Waals surface area (Å²) in [6.07, 6.45) is 1.02. The molecule has 6 nitrogen and oxygen atoms in total. The van der Waals surface area contributed by atoms with Crippen LogP contribution >= 0.6 is 34.3 Å². The number of nitrogens with zero attached hydrogens (tertiary/aromatic N) is 2. The SMILES string of the molecule is O=C(Nc1nc(-c2ccc(F)cc2)cs1)[C@H]1CCCN1S(=O)(=O)c1ccc(Cl)s1. The first-order valence-electron chi connectivity index (χ1n) is 8.64. The second kappa shape index (κ2) is 8.11. The minimum atomic E-state index is -3.79. The summed E-state index contributed by atoms with van der Waals surface area (Å²) in [5.41, 5.74) is 1.33. The standard InChI is InChI=1S/C18H15ClFN3O3S3/c19-15-7-8-16(28-15)29(25,26)23-9-1-2-14(23)17(24)22-18-21-13(10-27-18)11-3-5-12(20)6-4-11/h3-8,10,14H,1-2,9H2,(H,21,22,24)/t14-/m1/s1. The Morgan fingerprint density at radius 1 is 1.24 bits per heavy atom. The molecule has 1 saturated heterocycles. The summed E-state index contributed by atoms with van der Waals surface area (Å²) < 4.78 is 40.6. The maximum absolute atomic E-state index is 13.1. The highest BCUT2D eigenvalue weighted by atomic mass is 35.5. The van der Waals surface area contributed by atoms with E-state index in [0.29, 0.717) is 28.0 Å². The molecule has 0 saturated carbocycles. The number of hydrogen-bond acceptors (Lipinski definition) is 6. The van der Waals surface area contributed by atoms with Crippen LogP contribution in [0, 0.1) is 5.82 Å².